The molecule has 0 spiro atoms. The molecule has 1 aliphatic rings. The summed E-state index contributed by atoms with van der Waals surface area (Å²) in [5, 5.41) is 3.13. The third kappa shape index (κ3) is 3.27. The van der Waals surface area contributed by atoms with Gasteiger partial charge < -0.3 is 9.73 Å². The van der Waals surface area contributed by atoms with Gasteiger partial charge in [-0.15, -0.1) is 0 Å². The third-order valence-corrected chi connectivity index (χ3v) is 4.45. The van der Waals surface area contributed by atoms with Gasteiger partial charge in [-0.25, -0.2) is 0 Å². The topological polar surface area (TPSA) is 62.6 Å². The fraction of sp³-hybridized carbons (Fsp3) is 0.0909. The summed E-state index contributed by atoms with van der Waals surface area (Å²) in [5.74, 6) is -0.143. The Bertz CT molecular complexity index is 1000. The molecule has 2 aromatic carbocycles. The Morgan fingerprint density at radius 2 is 1.63 bits per heavy atom. The molecule has 134 valence electrons. The highest BCUT2D eigenvalue weighted by molar-refractivity contribution is 6.36. The minimum absolute atomic E-state index is 0.0972. The first kappa shape index (κ1) is 16.8. The number of amides is 2. The lowest BCUT2D eigenvalue weighted by Crippen LogP contribution is -2.31. The maximum Gasteiger partial charge on any atom is 0.278 e. The van der Waals surface area contributed by atoms with Crippen molar-refractivity contribution >= 4 is 23.1 Å². The van der Waals surface area contributed by atoms with Gasteiger partial charge in [0.1, 0.15) is 11.5 Å². The van der Waals surface area contributed by atoms with Crippen LogP contribution in [0.1, 0.15) is 16.9 Å². The number of aryl methyl sites for hydroxylation is 1. The fourth-order valence-electron chi connectivity index (χ4n) is 3.05. The number of furan rings is 1. The molecule has 0 fully saturated rings. The lowest BCUT2D eigenvalue weighted by molar-refractivity contribution is -0.137. The number of hydrogen-bond donors (Lipinski definition) is 1. The Kier molecular flexibility index (Phi) is 4.34. The predicted octanol–water partition coefficient (Wildman–Crippen LogP) is 3.98. The van der Waals surface area contributed by atoms with Crippen molar-refractivity contribution in [2.24, 2.45) is 0 Å². The predicted molar refractivity (Wildman–Crippen MR) is 102 cm³/mol. The van der Waals surface area contributed by atoms with E-state index in [0.29, 0.717) is 16.9 Å². The summed E-state index contributed by atoms with van der Waals surface area (Å²) in [5.41, 5.74) is 3.19. The monoisotopic (exact) mass is 358 g/mol. The summed E-state index contributed by atoms with van der Waals surface area (Å²) >= 11 is 0. The molecular formula is C22H18N2O3. The lowest BCUT2D eigenvalue weighted by atomic mass is 10.0. The molecule has 0 radical (unpaired) electrons. The van der Waals surface area contributed by atoms with Gasteiger partial charge >= 0.3 is 0 Å². The van der Waals surface area contributed by atoms with Crippen LogP contribution in [0.3, 0.4) is 0 Å². The van der Waals surface area contributed by atoms with E-state index in [2.05, 4.69) is 5.32 Å². The van der Waals surface area contributed by atoms with Crippen LogP contribution in [-0.2, 0) is 16.1 Å². The Hall–Kier alpha value is -3.60. The van der Waals surface area contributed by atoms with E-state index in [4.69, 9.17) is 4.42 Å². The smallest absolute Gasteiger partial charge is 0.278 e. The van der Waals surface area contributed by atoms with Crippen LogP contribution in [-0.4, -0.2) is 16.7 Å². The average molecular weight is 358 g/mol. The van der Waals surface area contributed by atoms with Crippen molar-refractivity contribution < 1.29 is 14.0 Å². The van der Waals surface area contributed by atoms with Crippen LogP contribution in [0.4, 0.5) is 5.69 Å². The molecule has 5 nitrogen and oxygen atoms in total. The quantitative estimate of drug-likeness (QED) is 0.701. The summed E-state index contributed by atoms with van der Waals surface area (Å²) in [6, 6.07) is 20.4. The number of carbonyl (C=O) groups excluding carboxylic acids is 2. The molecule has 0 atom stereocenters. The van der Waals surface area contributed by atoms with Gasteiger partial charge in [0.2, 0.25) is 0 Å². The molecule has 2 heterocycles. The first-order valence-corrected chi connectivity index (χ1v) is 8.65. The van der Waals surface area contributed by atoms with Crippen LogP contribution < -0.4 is 5.32 Å². The van der Waals surface area contributed by atoms with Gasteiger partial charge in [-0.2, -0.15) is 0 Å². The lowest BCUT2D eigenvalue weighted by Gasteiger charge is -2.13. The number of nitrogens with one attached hydrogen (secondary N) is 1. The molecule has 3 aromatic rings. The first-order chi connectivity index (χ1) is 13.1. The zero-order chi connectivity index (χ0) is 18.8. The van der Waals surface area contributed by atoms with E-state index in [9.17, 15) is 9.59 Å². The van der Waals surface area contributed by atoms with Crippen molar-refractivity contribution in [3.8, 4) is 0 Å². The van der Waals surface area contributed by atoms with Gasteiger partial charge in [0, 0.05) is 5.69 Å². The minimum atomic E-state index is -0.365. The van der Waals surface area contributed by atoms with Gasteiger partial charge in [-0.05, 0) is 36.8 Å². The third-order valence-electron chi connectivity index (χ3n) is 4.45. The van der Waals surface area contributed by atoms with Crippen molar-refractivity contribution in [3.05, 3.63) is 95.6 Å². The molecule has 0 bridgehead atoms. The number of imide groups is 1. The van der Waals surface area contributed by atoms with E-state index in [1.54, 1.807) is 12.1 Å². The second-order valence-electron chi connectivity index (χ2n) is 6.38. The van der Waals surface area contributed by atoms with Crippen LogP contribution in [0.25, 0.3) is 5.57 Å². The second-order valence-corrected chi connectivity index (χ2v) is 6.38. The summed E-state index contributed by atoms with van der Waals surface area (Å²) < 4.78 is 5.32. The van der Waals surface area contributed by atoms with Gasteiger partial charge in [0.25, 0.3) is 11.8 Å². The van der Waals surface area contributed by atoms with Gasteiger partial charge in [-0.1, -0.05) is 48.0 Å². The average Bonchev–Trinajstić information content (AvgIpc) is 3.27. The molecule has 27 heavy (non-hydrogen) atoms. The van der Waals surface area contributed by atoms with Gasteiger partial charge in [0.15, 0.2) is 0 Å². The zero-order valence-electron chi connectivity index (χ0n) is 14.8. The number of anilines is 1. The Labute approximate surface area is 156 Å². The number of benzene rings is 2. The molecule has 0 saturated heterocycles. The molecule has 4 rings (SSSR count). The highest BCUT2D eigenvalue weighted by Crippen LogP contribution is 2.31. The molecule has 1 N–H and O–H groups in total. The summed E-state index contributed by atoms with van der Waals surface area (Å²) in [6.45, 7) is 2.08. The molecule has 1 aromatic heterocycles. The molecule has 2 amide bonds. The molecule has 0 saturated carbocycles. The number of hydrogen-bond acceptors (Lipinski definition) is 4. The molecular weight excluding hydrogens is 340 g/mol. The van der Waals surface area contributed by atoms with E-state index in [0.717, 1.165) is 11.3 Å². The Morgan fingerprint density at radius 3 is 2.30 bits per heavy atom. The van der Waals surface area contributed by atoms with Crippen LogP contribution in [0.15, 0.2) is 83.1 Å². The summed E-state index contributed by atoms with van der Waals surface area (Å²) in [4.78, 5) is 27.3. The minimum Gasteiger partial charge on any atom is -0.467 e. The second kappa shape index (κ2) is 6.96. The number of nitrogens with zero attached hydrogens (tertiary/aromatic N) is 1. The highest BCUT2D eigenvalue weighted by Gasteiger charge is 2.39. The van der Waals surface area contributed by atoms with E-state index in [-0.39, 0.29) is 24.1 Å². The van der Waals surface area contributed by atoms with E-state index < -0.39 is 0 Å². The van der Waals surface area contributed by atoms with E-state index in [1.807, 2.05) is 61.5 Å². The summed E-state index contributed by atoms with van der Waals surface area (Å²) in [6.07, 6.45) is 1.53. The van der Waals surface area contributed by atoms with Crippen molar-refractivity contribution in [1.82, 2.24) is 4.90 Å². The first-order valence-electron chi connectivity index (χ1n) is 8.65. The van der Waals surface area contributed by atoms with Crippen LogP contribution in [0.5, 0.6) is 0 Å². The molecule has 5 heteroatoms. The van der Waals surface area contributed by atoms with Crippen LogP contribution in [0, 0.1) is 6.92 Å². The molecule has 0 aliphatic carbocycles. The SMILES string of the molecule is Cc1ccc(C2=C(Nc3ccccc3)C(=O)N(Cc3ccco3)C2=O)cc1. The van der Waals surface area contributed by atoms with E-state index in [1.165, 1.54) is 11.2 Å². The normalized spacial score (nSPS) is 14.2. The maximum atomic E-state index is 13.1. The Balaban J connectivity index is 1.75. The number of rotatable bonds is 5. The zero-order valence-corrected chi connectivity index (χ0v) is 14.8. The van der Waals surface area contributed by atoms with Crippen molar-refractivity contribution in [2.75, 3.05) is 5.32 Å². The van der Waals surface area contributed by atoms with Crippen molar-refractivity contribution in [1.29, 1.82) is 0 Å². The van der Waals surface area contributed by atoms with Gasteiger partial charge in [0.05, 0.1) is 18.4 Å². The van der Waals surface area contributed by atoms with Gasteiger partial charge in [-0.3, -0.25) is 14.5 Å². The van der Waals surface area contributed by atoms with Crippen LogP contribution in [0.2, 0.25) is 0 Å². The number of para-hydroxylation sites is 1. The fourth-order valence-corrected chi connectivity index (χ4v) is 3.05. The standard InChI is InChI=1S/C22H18N2O3/c1-15-9-11-16(12-10-15)19-20(23-17-6-3-2-4-7-17)22(26)24(21(19)25)14-18-8-5-13-27-18/h2-13,23H,14H2,1H3. The van der Waals surface area contributed by atoms with Crippen molar-refractivity contribution in [3.63, 3.8) is 0 Å². The molecule has 0 unspecified atom stereocenters. The van der Waals surface area contributed by atoms with Crippen molar-refractivity contribution in [2.45, 2.75) is 13.5 Å². The van der Waals surface area contributed by atoms with E-state index >= 15 is 0 Å². The highest BCUT2D eigenvalue weighted by atomic mass is 16.3. The maximum absolute atomic E-state index is 13.1. The summed E-state index contributed by atoms with van der Waals surface area (Å²) in [7, 11) is 0. The van der Waals surface area contributed by atoms with Crippen LogP contribution >= 0.6 is 0 Å². The Morgan fingerprint density at radius 1 is 0.889 bits per heavy atom. The number of carbonyl (C=O) groups is 2. The largest absolute Gasteiger partial charge is 0.467 e. The molecule has 1 aliphatic heterocycles.